The molecule has 2 unspecified atom stereocenters. The van der Waals surface area contributed by atoms with E-state index in [2.05, 4.69) is 36.2 Å². The summed E-state index contributed by atoms with van der Waals surface area (Å²) in [7, 11) is 0. The lowest BCUT2D eigenvalue weighted by Gasteiger charge is -2.21. The van der Waals surface area contributed by atoms with Crippen LogP contribution in [0, 0.1) is 0 Å². The van der Waals surface area contributed by atoms with E-state index in [1.807, 2.05) is 0 Å². The van der Waals surface area contributed by atoms with Gasteiger partial charge in [0.15, 0.2) is 0 Å². The van der Waals surface area contributed by atoms with Crippen LogP contribution < -0.4 is 5.32 Å². The van der Waals surface area contributed by atoms with Crippen molar-refractivity contribution in [2.45, 2.75) is 43.5 Å². The summed E-state index contributed by atoms with van der Waals surface area (Å²) in [5.74, 6) is 1.35. The van der Waals surface area contributed by atoms with Crippen molar-refractivity contribution < 1.29 is 0 Å². The molecule has 0 aromatic carbocycles. The molecule has 1 nitrogen and oxygen atoms in total. The van der Waals surface area contributed by atoms with Crippen LogP contribution in [-0.4, -0.2) is 23.1 Å². The molecule has 2 rings (SSSR count). The molecule has 1 saturated heterocycles. The highest BCUT2D eigenvalue weighted by Gasteiger charge is 2.25. The second-order valence-electron chi connectivity index (χ2n) is 3.78. The van der Waals surface area contributed by atoms with Gasteiger partial charge in [0.05, 0.1) is 0 Å². The Balaban J connectivity index is 1.78. The molecule has 2 aliphatic rings. The summed E-state index contributed by atoms with van der Waals surface area (Å²) in [6, 6.07) is 1.52. The molecule has 0 amide bonds. The second-order valence-corrected chi connectivity index (χ2v) is 5.26. The highest BCUT2D eigenvalue weighted by atomic mass is 32.2. The summed E-state index contributed by atoms with van der Waals surface area (Å²) in [5.41, 5.74) is 0. The molecule has 2 heteroatoms. The van der Waals surface area contributed by atoms with E-state index in [1.54, 1.807) is 0 Å². The molecule has 0 bridgehead atoms. The molecule has 12 heavy (non-hydrogen) atoms. The topological polar surface area (TPSA) is 12.0 Å². The number of hydrogen-bond acceptors (Lipinski definition) is 2. The minimum atomic E-state index is 0.746. The largest absolute Gasteiger partial charge is 0.309 e. The molecule has 2 atom stereocenters. The molecular formula is C10H17NS. The van der Waals surface area contributed by atoms with Crippen LogP contribution in [-0.2, 0) is 0 Å². The fourth-order valence-corrected chi connectivity index (χ4v) is 3.22. The van der Waals surface area contributed by atoms with E-state index in [4.69, 9.17) is 0 Å². The van der Waals surface area contributed by atoms with E-state index in [0.29, 0.717) is 0 Å². The summed E-state index contributed by atoms with van der Waals surface area (Å²) >= 11 is 2.11. The molecule has 0 saturated carbocycles. The predicted octanol–water partition coefficient (Wildman–Crippen LogP) is 2.19. The summed E-state index contributed by atoms with van der Waals surface area (Å²) in [5, 5.41) is 4.57. The van der Waals surface area contributed by atoms with E-state index in [9.17, 15) is 0 Å². The first-order chi connectivity index (χ1) is 5.86. The van der Waals surface area contributed by atoms with Crippen LogP contribution in [0.5, 0.6) is 0 Å². The van der Waals surface area contributed by atoms with Crippen molar-refractivity contribution in [3.05, 3.63) is 12.2 Å². The molecule has 0 aromatic rings. The van der Waals surface area contributed by atoms with Crippen molar-refractivity contribution in [3.8, 4) is 0 Å². The van der Waals surface area contributed by atoms with Gasteiger partial charge in [0.2, 0.25) is 0 Å². The van der Waals surface area contributed by atoms with Crippen molar-refractivity contribution in [2.75, 3.05) is 5.75 Å². The quantitative estimate of drug-likeness (QED) is 0.659. The van der Waals surface area contributed by atoms with Crippen LogP contribution in [0.15, 0.2) is 12.2 Å². The predicted molar refractivity (Wildman–Crippen MR) is 55.6 cm³/mol. The molecule has 1 aliphatic heterocycles. The van der Waals surface area contributed by atoms with Crippen LogP contribution in [0.1, 0.15) is 26.2 Å². The molecule has 1 aliphatic carbocycles. The Kier molecular flexibility index (Phi) is 2.76. The maximum absolute atomic E-state index is 3.74. The van der Waals surface area contributed by atoms with E-state index in [-0.39, 0.29) is 0 Å². The first-order valence-corrected chi connectivity index (χ1v) is 5.94. The fraction of sp³-hybridized carbons (Fsp3) is 0.800. The molecule has 0 radical (unpaired) electrons. The van der Waals surface area contributed by atoms with Gasteiger partial charge in [-0.1, -0.05) is 19.1 Å². The van der Waals surface area contributed by atoms with Crippen LogP contribution in [0.3, 0.4) is 0 Å². The number of nitrogens with one attached hydrogen (secondary N) is 1. The van der Waals surface area contributed by atoms with Crippen molar-refractivity contribution in [1.82, 2.24) is 5.32 Å². The smallest absolute Gasteiger partial charge is 0.0194 e. The minimum Gasteiger partial charge on any atom is -0.309 e. The minimum absolute atomic E-state index is 0.746. The Morgan fingerprint density at radius 2 is 2.08 bits per heavy atom. The summed E-state index contributed by atoms with van der Waals surface area (Å²) in [4.78, 5) is 0. The summed E-state index contributed by atoms with van der Waals surface area (Å²) in [6.45, 7) is 2.34. The maximum atomic E-state index is 3.74. The lowest BCUT2D eigenvalue weighted by Crippen LogP contribution is -2.39. The average molecular weight is 183 g/mol. The Labute approximate surface area is 79.0 Å². The van der Waals surface area contributed by atoms with Crippen molar-refractivity contribution in [3.63, 3.8) is 0 Å². The Bertz CT molecular complexity index is 171. The van der Waals surface area contributed by atoms with Crippen LogP contribution >= 0.6 is 11.8 Å². The first-order valence-electron chi connectivity index (χ1n) is 4.89. The average Bonchev–Trinajstić information content (AvgIpc) is 2.65. The molecule has 1 fully saturated rings. The SMILES string of the molecule is CC1SCCC1NC1CC=CC1. The Morgan fingerprint density at radius 1 is 1.33 bits per heavy atom. The van der Waals surface area contributed by atoms with E-state index >= 15 is 0 Å². The van der Waals surface area contributed by atoms with E-state index in [1.165, 1.54) is 25.0 Å². The Hall–Kier alpha value is 0.0500. The van der Waals surface area contributed by atoms with Gasteiger partial charge in [-0.25, -0.2) is 0 Å². The van der Waals surface area contributed by atoms with Gasteiger partial charge in [-0.05, 0) is 25.0 Å². The van der Waals surface area contributed by atoms with Gasteiger partial charge in [-0.3, -0.25) is 0 Å². The van der Waals surface area contributed by atoms with Gasteiger partial charge in [-0.2, -0.15) is 11.8 Å². The monoisotopic (exact) mass is 183 g/mol. The number of hydrogen-bond donors (Lipinski definition) is 1. The lowest BCUT2D eigenvalue weighted by atomic mass is 10.1. The van der Waals surface area contributed by atoms with Crippen LogP contribution in [0.2, 0.25) is 0 Å². The van der Waals surface area contributed by atoms with Gasteiger partial charge >= 0.3 is 0 Å². The van der Waals surface area contributed by atoms with Crippen molar-refractivity contribution in [1.29, 1.82) is 0 Å². The van der Waals surface area contributed by atoms with Crippen LogP contribution in [0.4, 0.5) is 0 Å². The second kappa shape index (κ2) is 3.84. The van der Waals surface area contributed by atoms with Crippen molar-refractivity contribution in [2.24, 2.45) is 0 Å². The zero-order valence-electron chi connectivity index (χ0n) is 7.62. The zero-order valence-corrected chi connectivity index (χ0v) is 8.44. The van der Waals surface area contributed by atoms with Gasteiger partial charge in [0, 0.05) is 17.3 Å². The molecule has 0 spiro atoms. The first kappa shape index (κ1) is 8.64. The standard InChI is InChI=1S/C10H17NS/c1-8-10(6-7-12-8)11-9-4-2-3-5-9/h2-3,8-11H,4-7H2,1H3. The third kappa shape index (κ3) is 1.86. The lowest BCUT2D eigenvalue weighted by molar-refractivity contribution is 0.437. The molecular weight excluding hydrogens is 166 g/mol. The molecule has 1 N–H and O–H groups in total. The number of rotatable bonds is 2. The molecule has 68 valence electrons. The van der Waals surface area contributed by atoms with Gasteiger partial charge < -0.3 is 5.32 Å². The molecule has 1 heterocycles. The highest BCUT2D eigenvalue weighted by Crippen LogP contribution is 2.27. The highest BCUT2D eigenvalue weighted by molar-refractivity contribution is 8.00. The van der Waals surface area contributed by atoms with Crippen LogP contribution in [0.25, 0.3) is 0 Å². The van der Waals surface area contributed by atoms with E-state index in [0.717, 1.165) is 17.3 Å². The van der Waals surface area contributed by atoms with Gasteiger partial charge in [0.1, 0.15) is 0 Å². The summed E-state index contributed by atoms with van der Waals surface area (Å²) < 4.78 is 0. The van der Waals surface area contributed by atoms with Crippen molar-refractivity contribution >= 4 is 11.8 Å². The fourth-order valence-electron chi connectivity index (χ4n) is 2.01. The van der Waals surface area contributed by atoms with Gasteiger partial charge in [-0.15, -0.1) is 0 Å². The third-order valence-electron chi connectivity index (χ3n) is 2.83. The summed E-state index contributed by atoms with van der Waals surface area (Å²) in [6.07, 6.45) is 8.44. The van der Waals surface area contributed by atoms with Gasteiger partial charge in [0.25, 0.3) is 0 Å². The number of thioether (sulfide) groups is 1. The normalized spacial score (nSPS) is 36.4. The molecule has 0 aromatic heterocycles. The van der Waals surface area contributed by atoms with E-state index < -0.39 is 0 Å². The maximum Gasteiger partial charge on any atom is 0.0194 e. The third-order valence-corrected chi connectivity index (χ3v) is 4.16. The Morgan fingerprint density at radius 3 is 2.67 bits per heavy atom. The zero-order chi connectivity index (χ0) is 8.39.